The van der Waals surface area contributed by atoms with E-state index in [9.17, 15) is 4.79 Å². The van der Waals surface area contributed by atoms with Crippen molar-refractivity contribution in [1.29, 1.82) is 0 Å². The molecular weight excluding hydrogens is 236 g/mol. The molecule has 0 saturated carbocycles. The highest BCUT2D eigenvalue weighted by molar-refractivity contribution is 7.80. The van der Waals surface area contributed by atoms with E-state index >= 15 is 0 Å². The van der Waals surface area contributed by atoms with Crippen molar-refractivity contribution in [1.82, 2.24) is 5.32 Å². The van der Waals surface area contributed by atoms with E-state index in [2.05, 4.69) is 5.32 Å². The number of ether oxygens (including phenoxy) is 1. The molecule has 5 heteroatoms. The molecule has 0 aromatic rings. The Kier molecular flexibility index (Phi) is 4.49. The number of amides is 1. The third-order valence-corrected chi connectivity index (χ3v) is 4.06. The fraction of sp³-hybridized carbons (Fsp3) is 0.833. The molecule has 1 aliphatic heterocycles. The minimum Gasteiger partial charge on any atom is -0.392 e. The Hall–Kier alpha value is -0.680. The normalized spacial score (nSPS) is 28.2. The molecule has 17 heavy (non-hydrogen) atoms. The number of carbonyl (C=O) groups excluding carboxylic acids is 1. The molecule has 98 valence electrons. The second-order valence-corrected chi connectivity index (χ2v) is 5.66. The highest BCUT2D eigenvalue weighted by Crippen LogP contribution is 2.25. The predicted octanol–water partition coefficient (Wildman–Crippen LogP) is 1.37. The first-order chi connectivity index (χ1) is 7.84. The smallest absolute Gasteiger partial charge is 0.233 e. The third-order valence-electron chi connectivity index (χ3n) is 3.61. The molecule has 0 aliphatic carbocycles. The summed E-state index contributed by atoms with van der Waals surface area (Å²) in [5.41, 5.74) is 4.61. The van der Waals surface area contributed by atoms with E-state index in [1.165, 1.54) is 0 Å². The van der Waals surface area contributed by atoms with Crippen LogP contribution in [0.15, 0.2) is 0 Å². The van der Waals surface area contributed by atoms with Crippen molar-refractivity contribution in [2.24, 2.45) is 11.1 Å². The van der Waals surface area contributed by atoms with Crippen LogP contribution in [0, 0.1) is 5.41 Å². The summed E-state index contributed by atoms with van der Waals surface area (Å²) in [5, 5.41) is 3.04. The van der Waals surface area contributed by atoms with Gasteiger partial charge in [0.1, 0.15) is 0 Å². The zero-order valence-electron chi connectivity index (χ0n) is 10.8. The Bertz CT molecular complexity index is 314. The van der Waals surface area contributed by atoms with Crippen molar-refractivity contribution in [3.8, 4) is 0 Å². The van der Waals surface area contributed by atoms with Crippen molar-refractivity contribution < 1.29 is 9.53 Å². The van der Waals surface area contributed by atoms with E-state index in [0.717, 1.165) is 19.4 Å². The van der Waals surface area contributed by atoms with Crippen molar-refractivity contribution in [2.75, 3.05) is 13.2 Å². The van der Waals surface area contributed by atoms with E-state index in [4.69, 9.17) is 22.7 Å². The molecule has 4 nitrogen and oxygen atoms in total. The van der Waals surface area contributed by atoms with Crippen LogP contribution in [0.2, 0.25) is 0 Å². The molecule has 2 unspecified atom stereocenters. The molecule has 1 aliphatic rings. The van der Waals surface area contributed by atoms with Crippen LogP contribution in [0.4, 0.5) is 0 Å². The standard InChI is InChI=1S/C12H22N2O2S/c1-4-12(3,9(13)17)10(15)14-11(2)6-5-7-16-8-11/h4-8H2,1-3H3,(H2,13,17)(H,14,15). The molecule has 0 radical (unpaired) electrons. The summed E-state index contributed by atoms with van der Waals surface area (Å²) in [6.07, 6.45) is 2.49. The van der Waals surface area contributed by atoms with Gasteiger partial charge in [0, 0.05) is 6.61 Å². The maximum Gasteiger partial charge on any atom is 0.233 e. The van der Waals surface area contributed by atoms with Gasteiger partial charge in [-0.2, -0.15) is 0 Å². The number of carbonyl (C=O) groups is 1. The highest BCUT2D eigenvalue weighted by atomic mass is 32.1. The monoisotopic (exact) mass is 258 g/mol. The minimum absolute atomic E-state index is 0.0968. The first-order valence-corrected chi connectivity index (χ1v) is 6.45. The number of hydrogen-bond acceptors (Lipinski definition) is 3. The lowest BCUT2D eigenvalue weighted by Gasteiger charge is -2.37. The van der Waals surface area contributed by atoms with E-state index in [1.807, 2.05) is 13.8 Å². The summed E-state index contributed by atoms with van der Waals surface area (Å²) in [6, 6.07) is 0. The van der Waals surface area contributed by atoms with Gasteiger partial charge in [-0.3, -0.25) is 4.79 Å². The fourth-order valence-electron chi connectivity index (χ4n) is 1.89. The van der Waals surface area contributed by atoms with Crippen LogP contribution in [-0.4, -0.2) is 29.6 Å². The highest BCUT2D eigenvalue weighted by Gasteiger charge is 2.39. The van der Waals surface area contributed by atoms with Crippen LogP contribution in [0.25, 0.3) is 0 Å². The Morgan fingerprint density at radius 3 is 2.71 bits per heavy atom. The molecule has 0 aromatic carbocycles. The van der Waals surface area contributed by atoms with Crippen LogP contribution in [0.1, 0.15) is 40.0 Å². The van der Waals surface area contributed by atoms with Crippen LogP contribution >= 0.6 is 12.2 Å². The topological polar surface area (TPSA) is 64.3 Å². The first kappa shape index (κ1) is 14.4. The van der Waals surface area contributed by atoms with Gasteiger partial charge < -0.3 is 15.8 Å². The average Bonchev–Trinajstić information content (AvgIpc) is 2.27. The quantitative estimate of drug-likeness (QED) is 0.748. The molecule has 3 N–H and O–H groups in total. The Morgan fingerprint density at radius 2 is 2.29 bits per heavy atom. The van der Waals surface area contributed by atoms with Gasteiger partial charge >= 0.3 is 0 Å². The summed E-state index contributed by atoms with van der Waals surface area (Å²) >= 11 is 5.00. The van der Waals surface area contributed by atoms with Crippen LogP contribution in [0.5, 0.6) is 0 Å². The molecule has 1 saturated heterocycles. The minimum atomic E-state index is -0.768. The second-order valence-electron chi connectivity index (χ2n) is 5.22. The Balaban J connectivity index is 2.73. The van der Waals surface area contributed by atoms with Crippen molar-refractivity contribution >= 4 is 23.1 Å². The molecular formula is C12H22N2O2S. The van der Waals surface area contributed by atoms with Gasteiger partial charge in [0.05, 0.1) is 22.5 Å². The van der Waals surface area contributed by atoms with Gasteiger partial charge in [0.2, 0.25) is 5.91 Å². The maximum absolute atomic E-state index is 12.3. The van der Waals surface area contributed by atoms with Crippen molar-refractivity contribution in [3.63, 3.8) is 0 Å². The lowest BCUT2D eigenvalue weighted by atomic mass is 9.84. The van der Waals surface area contributed by atoms with Crippen molar-refractivity contribution in [2.45, 2.75) is 45.6 Å². The number of nitrogens with one attached hydrogen (secondary N) is 1. The Labute approximate surface area is 108 Å². The van der Waals surface area contributed by atoms with Gasteiger partial charge in [0.15, 0.2) is 0 Å². The molecule has 1 fully saturated rings. The van der Waals surface area contributed by atoms with E-state index in [1.54, 1.807) is 6.92 Å². The van der Waals surface area contributed by atoms with E-state index < -0.39 is 5.41 Å². The van der Waals surface area contributed by atoms with Crippen LogP contribution in [-0.2, 0) is 9.53 Å². The maximum atomic E-state index is 12.3. The summed E-state index contributed by atoms with van der Waals surface area (Å²) < 4.78 is 5.41. The third kappa shape index (κ3) is 3.16. The van der Waals surface area contributed by atoms with Gasteiger partial charge in [-0.25, -0.2) is 0 Å². The number of thiocarbonyl (C=S) groups is 1. The zero-order chi connectivity index (χ0) is 13.1. The molecule has 0 bridgehead atoms. The predicted molar refractivity (Wildman–Crippen MR) is 71.8 cm³/mol. The summed E-state index contributed by atoms with van der Waals surface area (Å²) in [4.78, 5) is 12.5. The molecule has 1 amide bonds. The average molecular weight is 258 g/mol. The van der Waals surface area contributed by atoms with Gasteiger partial charge in [0.25, 0.3) is 0 Å². The molecule has 0 aromatic heterocycles. The summed E-state index contributed by atoms with van der Waals surface area (Å²) in [5.74, 6) is -0.0968. The van der Waals surface area contributed by atoms with Gasteiger partial charge in [-0.05, 0) is 33.1 Å². The molecule has 1 rings (SSSR count). The van der Waals surface area contributed by atoms with E-state index in [-0.39, 0.29) is 16.4 Å². The fourth-order valence-corrected chi connectivity index (χ4v) is 2.13. The summed E-state index contributed by atoms with van der Waals surface area (Å²) in [7, 11) is 0. The number of hydrogen-bond donors (Lipinski definition) is 2. The molecule has 0 spiro atoms. The molecule has 1 heterocycles. The summed E-state index contributed by atoms with van der Waals surface area (Å²) in [6.45, 7) is 7.03. The zero-order valence-corrected chi connectivity index (χ0v) is 11.7. The van der Waals surface area contributed by atoms with E-state index in [0.29, 0.717) is 13.0 Å². The van der Waals surface area contributed by atoms with Gasteiger partial charge in [-0.15, -0.1) is 0 Å². The van der Waals surface area contributed by atoms with Gasteiger partial charge in [-0.1, -0.05) is 19.1 Å². The molecule has 2 atom stereocenters. The first-order valence-electron chi connectivity index (χ1n) is 6.04. The largest absolute Gasteiger partial charge is 0.392 e. The lowest BCUT2D eigenvalue weighted by Crippen LogP contribution is -2.57. The van der Waals surface area contributed by atoms with Crippen molar-refractivity contribution in [3.05, 3.63) is 0 Å². The number of rotatable bonds is 4. The lowest BCUT2D eigenvalue weighted by molar-refractivity contribution is -0.130. The van der Waals surface area contributed by atoms with Crippen LogP contribution in [0.3, 0.4) is 0 Å². The Morgan fingerprint density at radius 1 is 1.65 bits per heavy atom. The number of nitrogens with two attached hydrogens (primary N) is 1. The SMILES string of the molecule is CCC(C)(C(=O)NC1(C)CCCOC1)C(N)=S. The van der Waals surface area contributed by atoms with Crippen LogP contribution < -0.4 is 11.1 Å². The second kappa shape index (κ2) is 5.31.